The van der Waals surface area contributed by atoms with Gasteiger partial charge in [0.05, 0.1) is 19.8 Å². The maximum absolute atomic E-state index is 6.70. The van der Waals surface area contributed by atoms with Gasteiger partial charge < -0.3 is 21.8 Å². The van der Waals surface area contributed by atoms with E-state index >= 15 is 0 Å². The number of rotatable bonds is 11. The van der Waals surface area contributed by atoms with E-state index in [4.69, 9.17) is 21.8 Å². The predicted octanol–water partition coefficient (Wildman–Crippen LogP) is 4.29. The lowest BCUT2D eigenvalue weighted by molar-refractivity contribution is 0.101. The van der Waals surface area contributed by atoms with Gasteiger partial charge in [0.25, 0.3) is 0 Å². The van der Waals surface area contributed by atoms with Crippen LogP contribution in [0.3, 0.4) is 0 Å². The molecule has 1 aliphatic heterocycles. The minimum Gasteiger partial charge on any atom is -0.417 e. The molecule has 0 amide bonds. The van der Waals surface area contributed by atoms with Gasteiger partial charge in [-0.25, -0.2) is 0 Å². The average molecular weight is 411 g/mol. The quantitative estimate of drug-likeness (QED) is 0.376. The third-order valence-corrected chi connectivity index (χ3v) is 15.2. The molecular weight excluding hydrogens is 373 g/mol. The molecule has 5 nitrogen and oxygen atoms in total. The van der Waals surface area contributed by atoms with Crippen LogP contribution in [-0.2, 0) is 21.8 Å². The summed E-state index contributed by atoms with van der Waals surface area (Å²) in [4.78, 5) is 0. The monoisotopic (exact) mass is 410 g/mol. The Morgan fingerprint density at radius 1 is 0.833 bits per heavy atom. The molecule has 0 radical (unpaired) electrons. The molecule has 0 aliphatic carbocycles. The Bertz CT molecular complexity index is 355. The summed E-state index contributed by atoms with van der Waals surface area (Å²) in [6, 6.07) is 0. The van der Waals surface area contributed by atoms with Crippen molar-refractivity contribution < 1.29 is 21.8 Å². The SMILES string of the molecule is CC(COCC1CO1)[Si](O[Si](C)(C)C)(O[Si](C)(C)C)O[Si](C)(C)C. The fraction of sp³-hybridized carbons (Fsp3) is 1.00. The van der Waals surface area contributed by atoms with Gasteiger partial charge in [0.15, 0.2) is 25.0 Å². The van der Waals surface area contributed by atoms with Crippen molar-refractivity contribution in [3.8, 4) is 0 Å². The molecule has 1 saturated heterocycles. The van der Waals surface area contributed by atoms with E-state index in [-0.39, 0.29) is 11.6 Å². The number of epoxide rings is 1. The van der Waals surface area contributed by atoms with Crippen molar-refractivity contribution in [3.05, 3.63) is 0 Å². The highest BCUT2D eigenvalue weighted by atomic mass is 28.5. The van der Waals surface area contributed by atoms with E-state index in [1.54, 1.807) is 0 Å². The first-order chi connectivity index (χ1) is 10.6. The first kappa shape index (κ1) is 22.7. The summed E-state index contributed by atoms with van der Waals surface area (Å²) in [6.45, 7) is 24.1. The lowest BCUT2D eigenvalue weighted by Gasteiger charge is -2.45. The summed E-state index contributed by atoms with van der Waals surface area (Å²) in [5.74, 6) is 0. The molecule has 0 aromatic carbocycles. The second kappa shape index (κ2) is 8.13. The first-order valence-corrected chi connectivity index (χ1v) is 20.9. The zero-order valence-corrected chi connectivity index (χ0v) is 21.3. The highest BCUT2D eigenvalue weighted by Gasteiger charge is 2.54. The molecule has 24 heavy (non-hydrogen) atoms. The topological polar surface area (TPSA) is 49.5 Å². The van der Waals surface area contributed by atoms with Crippen molar-refractivity contribution in [1.82, 2.24) is 0 Å². The zero-order chi connectivity index (χ0) is 18.8. The normalized spacial score (nSPS) is 21.0. The zero-order valence-electron chi connectivity index (χ0n) is 17.3. The Morgan fingerprint density at radius 3 is 1.50 bits per heavy atom. The number of ether oxygens (including phenoxy) is 2. The van der Waals surface area contributed by atoms with Gasteiger partial charge >= 0.3 is 8.80 Å². The molecule has 0 saturated carbocycles. The third kappa shape index (κ3) is 9.39. The van der Waals surface area contributed by atoms with Crippen molar-refractivity contribution >= 4 is 33.8 Å². The van der Waals surface area contributed by atoms with Crippen molar-refractivity contribution in [2.45, 2.75) is 77.5 Å². The van der Waals surface area contributed by atoms with Crippen LogP contribution in [0.15, 0.2) is 0 Å². The molecule has 2 unspecified atom stereocenters. The third-order valence-electron chi connectivity index (χ3n) is 3.02. The van der Waals surface area contributed by atoms with Gasteiger partial charge in [0, 0.05) is 5.54 Å². The van der Waals surface area contributed by atoms with E-state index in [0.717, 1.165) is 6.61 Å². The van der Waals surface area contributed by atoms with E-state index in [1.807, 2.05) is 0 Å². The highest BCUT2D eigenvalue weighted by Crippen LogP contribution is 2.34. The second-order valence-electron chi connectivity index (χ2n) is 9.64. The van der Waals surface area contributed by atoms with Crippen LogP contribution in [0.4, 0.5) is 0 Å². The molecule has 2 atom stereocenters. The minimum atomic E-state index is -2.84. The molecule has 9 heteroatoms. The molecule has 0 N–H and O–H groups in total. The maximum atomic E-state index is 6.70. The highest BCUT2D eigenvalue weighted by molar-refractivity contribution is 6.90. The van der Waals surface area contributed by atoms with E-state index in [2.05, 4.69) is 65.8 Å². The fourth-order valence-electron chi connectivity index (χ4n) is 2.29. The van der Waals surface area contributed by atoms with Crippen LogP contribution >= 0.6 is 0 Å². The van der Waals surface area contributed by atoms with Gasteiger partial charge in [0.1, 0.15) is 6.10 Å². The molecule has 0 spiro atoms. The molecule has 1 heterocycles. The smallest absolute Gasteiger partial charge is 0.417 e. The van der Waals surface area contributed by atoms with Crippen LogP contribution in [0.2, 0.25) is 64.5 Å². The number of hydrogen-bond donors (Lipinski definition) is 0. The van der Waals surface area contributed by atoms with Crippen LogP contribution in [0.1, 0.15) is 6.92 Å². The summed E-state index contributed by atoms with van der Waals surface area (Å²) in [5.41, 5.74) is 0.126. The van der Waals surface area contributed by atoms with Crippen molar-refractivity contribution in [2.75, 3.05) is 19.8 Å². The molecule has 1 fully saturated rings. The predicted molar refractivity (Wildman–Crippen MR) is 109 cm³/mol. The van der Waals surface area contributed by atoms with Crippen LogP contribution in [0.25, 0.3) is 0 Å². The Kier molecular flexibility index (Phi) is 7.70. The largest absolute Gasteiger partial charge is 0.474 e. The lowest BCUT2D eigenvalue weighted by atomic mass is 10.5. The van der Waals surface area contributed by atoms with Gasteiger partial charge in [-0.15, -0.1) is 0 Å². The van der Waals surface area contributed by atoms with Crippen LogP contribution in [-0.4, -0.2) is 59.7 Å². The van der Waals surface area contributed by atoms with Crippen molar-refractivity contribution in [1.29, 1.82) is 0 Å². The Morgan fingerprint density at radius 2 is 1.21 bits per heavy atom. The summed E-state index contributed by atoms with van der Waals surface area (Å²) in [5, 5.41) is 0. The molecule has 1 aliphatic rings. The Balaban J connectivity index is 3.00. The van der Waals surface area contributed by atoms with Gasteiger partial charge in [-0.05, 0) is 58.9 Å². The fourth-order valence-corrected chi connectivity index (χ4v) is 16.9. The standard InChI is InChI=1S/C15H38O5Si4/c1-14(11-16-12-15-13-17-15)24(18-21(2,3)4,19-22(5,6)7)20-23(8,9)10/h14-15H,11-13H2,1-10H3. The Labute approximate surface area is 153 Å². The van der Waals surface area contributed by atoms with E-state index in [0.29, 0.717) is 13.2 Å². The van der Waals surface area contributed by atoms with Crippen molar-refractivity contribution in [3.63, 3.8) is 0 Å². The molecule has 0 bridgehead atoms. The molecule has 0 aromatic heterocycles. The van der Waals surface area contributed by atoms with Crippen LogP contribution in [0, 0.1) is 0 Å². The summed E-state index contributed by atoms with van der Waals surface area (Å²) in [6.07, 6.45) is 0.280. The molecule has 144 valence electrons. The number of hydrogen-bond acceptors (Lipinski definition) is 5. The van der Waals surface area contributed by atoms with Crippen molar-refractivity contribution in [2.24, 2.45) is 0 Å². The van der Waals surface area contributed by atoms with Crippen LogP contribution < -0.4 is 0 Å². The maximum Gasteiger partial charge on any atom is 0.474 e. The minimum absolute atomic E-state index is 0.126. The first-order valence-electron chi connectivity index (χ1n) is 8.92. The summed E-state index contributed by atoms with van der Waals surface area (Å²) < 4.78 is 31.2. The molecule has 1 rings (SSSR count). The van der Waals surface area contributed by atoms with E-state index in [1.165, 1.54) is 0 Å². The average Bonchev–Trinajstić information content (AvgIpc) is 3.04. The van der Waals surface area contributed by atoms with Gasteiger partial charge in [0.2, 0.25) is 0 Å². The molecule has 0 aromatic rings. The van der Waals surface area contributed by atoms with E-state index < -0.39 is 33.8 Å². The van der Waals surface area contributed by atoms with E-state index in [9.17, 15) is 0 Å². The Hall–Kier alpha value is 0.668. The van der Waals surface area contributed by atoms with Gasteiger partial charge in [-0.3, -0.25) is 0 Å². The molecular formula is C15H38O5Si4. The van der Waals surface area contributed by atoms with Crippen LogP contribution in [0.5, 0.6) is 0 Å². The lowest BCUT2D eigenvalue weighted by Crippen LogP contribution is -2.63. The van der Waals surface area contributed by atoms with Gasteiger partial charge in [-0.2, -0.15) is 0 Å². The summed E-state index contributed by atoms with van der Waals surface area (Å²) in [7, 11) is -8.32. The summed E-state index contributed by atoms with van der Waals surface area (Å²) >= 11 is 0. The second-order valence-corrected chi connectivity index (χ2v) is 27.0. The van der Waals surface area contributed by atoms with Gasteiger partial charge in [-0.1, -0.05) is 6.92 Å².